The van der Waals surface area contributed by atoms with Crippen LogP contribution in [0.1, 0.15) is 19.4 Å². The van der Waals surface area contributed by atoms with Crippen molar-refractivity contribution in [2.45, 2.75) is 20.4 Å². The molecule has 0 spiro atoms. The van der Waals surface area contributed by atoms with E-state index in [0.717, 1.165) is 4.47 Å². The molecule has 0 aliphatic rings. The maximum absolute atomic E-state index is 13.4. The molecule has 0 radical (unpaired) electrons. The summed E-state index contributed by atoms with van der Waals surface area (Å²) in [5.74, 6) is 0.427. The molecule has 1 aromatic carbocycles. The summed E-state index contributed by atoms with van der Waals surface area (Å²) in [7, 11) is 0. The number of hydrogen-bond acceptors (Lipinski definition) is 2. The second kappa shape index (κ2) is 7.09. The molecule has 2 nitrogen and oxygen atoms in total. The molecule has 2 N–H and O–H groups in total. The van der Waals surface area contributed by atoms with Gasteiger partial charge in [0.15, 0.2) is 0 Å². The van der Waals surface area contributed by atoms with Gasteiger partial charge in [0.1, 0.15) is 5.82 Å². The van der Waals surface area contributed by atoms with Gasteiger partial charge in [0.2, 0.25) is 0 Å². The fraction of sp³-hybridized carbons (Fsp3) is 0.538. The lowest BCUT2D eigenvalue weighted by Crippen LogP contribution is -2.28. The first kappa shape index (κ1) is 14.6. The summed E-state index contributed by atoms with van der Waals surface area (Å²) in [6.07, 6.45) is 0. The van der Waals surface area contributed by atoms with Crippen LogP contribution in [0.15, 0.2) is 22.7 Å². The van der Waals surface area contributed by atoms with E-state index in [1.807, 2.05) is 0 Å². The Labute approximate surface area is 110 Å². The SMILES string of the molecule is CC(C)C(CO)CNCc1cc(Br)ccc1F. The zero-order valence-electron chi connectivity index (χ0n) is 10.2. The Bertz CT molecular complexity index is 357. The van der Waals surface area contributed by atoms with Crippen LogP contribution < -0.4 is 5.32 Å². The molecular weight excluding hydrogens is 285 g/mol. The minimum atomic E-state index is -0.203. The summed E-state index contributed by atoms with van der Waals surface area (Å²) in [6.45, 7) is 5.48. The normalized spacial score (nSPS) is 13.1. The predicted molar refractivity (Wildman–Crippen MR) is 71.2 cm³/mol. The highest BCUT2D eigenvalue weighted by Crippen LogP contribution is 2.15. The van der Waals surface area contributed by atoms with E-state index in [4.69, 9.17) is 0 Å². The summed E-state index contributed by atoms with van der Waals surface area (Å²) in [5.41, 5.74) is 0.639. The highest BCUT2D eigenvalue weighted by atomic mass is 79.9. The summed E-state index contributed by atoms with van der Waals surface area (Å²) in [5, 5.41) is 12.4. The molecule has 0 saturated carbocycles. The highest BCUT2D eigenvalue weighted by Gasteiger charge is 2.11. The molecule has 1 atom stereocenters. The second-order valence-electron chi connectivity index (χ2n) is 4.55. The van der Waals surface area contributed by atoms with Gasteiger partial charge in [0.25, 0.3) is 0 Å². The van der Waals surface area contributed by atoms with Crippen LogP contribution in [-0.2, 0) is 6.54 Å². The number of nitrogens with one attached hydrogen (secondary N) is 1. The zero-order valence-corrected chi connectivity index (χ0v) is 11.8. The van der Waals surface area contributed by atoms with Gasteiger partial charge in [-0.25, -0.2) is 4.39 Å². The Balaban J connectivity index is 2.47. The minimum absolute atomic E-state index is 0.158. The number of hydrogen-bond donors (Lipinski definition) is 2. The topological polar surface area (TPSA) is 32.3 Å². The minimum Gasteiger partial charge on any atom is -0.396 e. The van der Waals surface area contributed by atoms with Gasteiger partial charge in [-0.2, -0.15) is 0 Å². The Kier molecular flexibility index (Phi) is 6.09. The molecule has 0 saturated heterocycles. The van der Waals surface area contributed by atoms with Gasteiger partial charge >= 0.3 is 0 Å². The van der Waals surface area contributed by atoms with Crippen molar-refractivity contribution in [1.82, 2.24) is 5.32 Å². The third-order valence-corrected chi connectivity index (χ3v) is 3.40. The number of benzene rings is 1. The van der Waals surface area contributed by atoms with Crippen LogP contribution in [0.2, 0.25) is 0 Å². The molecule has 4 heteroatoms. The summed E-state index contributed by atoms with van der Waals surface area (Å²) < 4.78 is 14.3. The smallest absolute Gasteiger partial charge is 0.127 e. The quantitative estimate of drug-likeness (QED) is 0.847. The molecule has 1 rings (SSSR count). The monoisotopic (exact) mass is 303 g/mol. The Morgan fingerprint density at radius 2 is 2.12 bits per heavy atom. The third kappa shape index (κ3) is 4.74. The van der Waals surface area contributed by atoms with Crippen LogP contribution in [0, 0.1) is 17.7 Å². The molecule has 1 aromatic rings. The lowest BCUT2D eigenvalue weighted by molar-refractivity contribution is 0.186. The number of rotatable bonds is 6. The molecule has 1 unspecified atom stereocenters. The van der Waals surface area contributed by atoms with Crippen molar-refractivity contribution in [2.24, 2.45) is 11.8 Å². The van der Waals surface area contributed by atoms with E-state index in [1.54, 1.807) is 12.1 Å². The van der Waals surface area contributed by atoms with Crippen LogP contribution in [0.4, 0.5) is 4.39 Å². The Morgan fingerprint density at radius 3 is 2.71 bits per heavy atom. The first-order valence-corrected chi connectivity index (χ1v) is 6.59. The molecule has 0 amide bonds. The van der Waals surface area contributed by atoms with Crippen LogP contribution in [0.25, 0.3) is 0 Å². The number of halogens is 2. The number of aliphatic hydroxyl groups excluding tert-OH is 1. The summed E-state index contributed by atoms with van der Waals surface area (Å²) >= 11 is 3.32. The van der Waals surface area contributed by atoms with Crippen molar-refractivity contribution in [3.05, 3.63) is 34.1 Å². The largest absolute Gasteiger partial charge is 0.396 e. The van der Waals surface area contributed by atoms with Crippen LogP contribution in [0.5, 0.6) is 0 Å². The van der Waals surface area contributed by atoms with Crippen molar-refractivity contribution in [2.75, 3.05) is 13.2 Å². The average Bonchev–Trinajstić information content (AvgIpc) is 2.28. The Morgan fingerprint density at radius 1 is 1.41 bits per heavy atom. The third-order valence-electron chi connectivity index (χ3n) is 2.91. The van der Waals surface area contributed by atoms with Gasteiger partial charge < -0.3 is 10.4 Å². The van der Waals surface area contributed by atoms with Crippen molar-refractivity contribution >= 4 is 15.9 Å². The molecule has 96 valence electrons. The number of aliphatic hydroxyl groups is 1. The molecule has 0 aromatic heterocycles. The van der Waals surface area contributed by atoms with Gasteiger partial charge in [-0.3, -0.25) is 0 Å². The van der Waals surface area contributed by atoms with Crippen molar-refractivity contribution in [3.63, 3.8) is 0 Å². The van der Waals surface area contributed by atoms with Crippen LogP contribution >= 0.6 is 15.9 Å². The first-order chi connectivity index (χ1) is 8.04. The molecule has 0 heterocycles. The molecule has 17 heavy (non-hydrogen) atoms. The second-order valence-corrected chi connectivity index (χ2v) is 5.47. The lowest BCUT2D eigenvalue weighted by Gasteiger charge is -2.18. The first-order valence-electron chi connectivity index (χ1n) is 5.80. The van der Waals surface area contributed by atoms with Crippen molar-refractivity contribution in [1.29, 1.82) is 0 Å². The van der Waals surface area contributed by atoms with E-state index in [2.05, 4.69) is 35.1 Å². The summed E-state index contributed by atoms with van der Waals surface area (Å²) in [6, 6.07) is 4.90. The van der Waals surface area contributed by atoms with Crippen LogP contribution in [0.3, 0.4) is 0 Å². The van der Waals surface area contributed by atoms with E-state index in [9.17, 15) is 9.50 Å². The van der Waals surface area contributed by atoms with Gasteiger partial charge in [0.05, 0.1) is 0 Å². The van der Waals surface area contributed by atoms with Gasteiger partial charge in [-0.15, -0.1) is 0 Å². The molecule has 0 aliphatic carbocycles. The average molecular weight is 304 g/mol. The van der Waals surface area contributed by atoms with Crippen molar-refractivity contribution < 1.29 is 9.50 Å². The van der Waals surface area contributed by atoms with E-state index < -0.39 is 0 Å². The predicted octanol–water partition coefficient (Wildman–Crippen LogP) is 2.94. The molecule has 0 aliphatic heterocycles. The van der Waals surface area contributed by atoms with Crippen LogP contribution in [-0.4, -0.2) is 18.3 Å². The Hall–Kier alpha value is -0.450. The maximum Gasteiger partial charge on any atom is 0.127 e. The van der Waals surface area contributed by atoms with E-state index in [1.165, 1.54) is 6.07 Å². The van der Waals surface area contributed by atoms with E-state index in [0.29, 0.717) is 24.6 Å². The fourth-order valence-corrected chi connectivity index (χ4v) is 1.99. The lowest BCUT2D eigenvalue weighted by atomic mass is 9.97. The van der Waals surface area contributed by atoms with E-state index in [-0.39, 0.29) is 18.3 Å². The standard InChI is InChI=1S/C13H19BrFNO/c1-9(2)11(8-17)7-16-6-10-5-12(14)3-4-13(10)15/h3-5,9,11,16-17H,6-8H2,1-2H3. The molecule has 0 fully saturated rings. The highest BCUT2D eigenvalue weighted by molar-refractivity contribution is 9.10. The van der Waals surface area contributed by atoms with Gasteiger partial charge in [0, 0.05) is 29.7 Å². The molecule has 0 bridgehead atoms. The van der Waals surface area contributed by atoms with E-state index >= 15 is 0 Å². The summed E-state index contributed by atoms with van der Waals surface area (Å²) in [4.78, 5) is 0. The van der Waals surface area contributed by atoms with Gasteiger partial charge in [-0.05, 0) is 30.0 Å². The molecular formula is C13H19BrFNO. The maximum atomic E-state index is 13.4. The fourth-order valence-electron chi connectivity index (χ4n) is 1.58. The van der Waals surface area contributed by atoms with Gasteiger partial charge in [-0.1, -0.05) is 29.8 Å². The van der Waals surface area contributed by atoms with Crippen molar-refractivity contribution in [3.8, 4) is 0 Å². The zero-order chi connectivity index (χ0) is 12.8.